The molecule has 0 radical (unpaired) electrons. The zero-order chi connectivity index (χ0) is 31.4. The highest BCUT2D eigenvalue weighted by molar-refractivity contribution is 5.95. The number of ketones is 1. The van der Waals surface area contributed by atoms with Gasteiger partial charge in [-0.2, -0.15) is 13.2 Å². The molecule has 9 nitrogen and oxygen atoms in total. The predicted molar refractivity (Wildman–Crippen MR) is 150 cm³/mol. The summed E-state index contributed by atoms with van der Waals surface area (Å²) in [6.07, 6.45) is -4.86. The highest BCUT2D eigenvalue weighted by Crippen LogP contribution is 2.43. The molecule has 43 heavy (non-hydrogen) atoms. The fraction of sp³-hybridized carbons (Fsp3) is 0.452. The van der Waals surface area contributed by atoms with Crippen LogP contribution in [-0.4, -0.2) is 44.5 Å². The van der Waals surface area contributed by atoms with Gasteiger partial charge < -0.3 is 19.7 Å². The van der Waals surface area contributed by atoms with Gasteiger partial charge in [-0.25, -0.2) is 9.78 Å². The van der Waals surface area contributed by atoms with Gasteiger partial charge in [-0.3, -0.25) is 14.4 Å². The Hall–Kier alpha value is -4.22. The van der Waals surface area contributed by atoms with Gasteiger partial charge in [-0.15, -0.1) is 0 Å². The van der Waals surface area contributed by atoms with Crippen molar-refractivity contribution < 1.29 is 37.4 Å². The summed E-state index contributed by atoms with van der Waals surface area (Å²) in [5.74, 6) is -4.17. The van der Waals surface area contributed by atoms with Crippen LogP contribution in [0.3, 0.4) is 0 Å². The molecule has 1 unspecified atom stereocenters. The van der Waals surface area contributed by atoms with Crippen LogP contribution >= 0.6 is 0 Å². The fourth-order valence-corrected chi connectivity index (χ4v) is 6.28. The number of hydrogen-bond donors (Lipinski definition) is 2. The fourth-order valence-electron chi connectivity index (χ4n) is 6.28. The summed E-state index contributed by atoms with van der Waals surface area (Å²) in [7, 11) is 0. The third-order valence-electron chi connectivity index (χ3n) is 8.32. The maximum atomic E-state index is 13.9. The predicted octanol–water partition coefficient (Wildman–Crippen LogP) is 4.45. The van der Waals surface area contributed by atoms with E-state index in [2.05, 4.69) is 0 Å². The smallest absolute Gasteiger partial charge is 0.471 e. The van der Waals surface area contributed by atoms with Crippen molar-refractivity contribution in [2.75, 3.05) is 0 Å². The molecule has 3 aromatic rings. The third-order valence-corrected chi connectivity index (χ3v) is 8.32. The molecule has 12 heteroatoms. The summed E-state index contributed by atoms with van der Waals surface area (Å²) < 4.78 is 46.6. The van der Waals surface area contributed by atoms with E-state index in [1.54, 1.807) is 48.9 Å². The van der Waals surface area contributed by atoms with Gasteiger partial charge in [0.25, 0.3) is 5.56 Å². The molecule has 228 valence electrons. The third kappa shape index (κ3) is 5.06. The molecule has 5 rings (SSSR count). The maximum absolute atomic E-state index is 13.9. The van der Waals surface area contributed by atoms with Gasteiger partial charge in [-0.1, -0.05) is 27.7 Å². The lowest BCUT2D eigenvalue weighted by Gasteiger charge is -2.37. The van der Waals surface area contributed by atoms with E-state index < -0.39 is 35.5 Å². The Labute approximate surface area is 245 Å². The molecule has 1 aliphatic carbocycles. The number of aromatic nitrogens is 2. The van der Waals surface area contributed by atoms with Crippen LogP contribution < -0.4 is 10.9 Å². The van der Waals surface area contributed by atoms with E-state index in [4.69, 9.17) is 9.72 Å². The average Bonchev–Trinajstić information content (AvgIpc) is 3.30. The SMILES string of the molecule is CCc1c2c(nc3ccc(O)cc13)-c1cc3c(c(=O)n1C2)CCC(=O)[C@@]3(CC)OC(=O)C(CC(C)C)NC(=O)C(F)(F)F. The zero-order valence-corrected chi connectivity index (χ0v) is 24.2. The molecule has 2 aliphatic rings. The largest absolute Gasteiger partial charge is 0.508 e. The van der Waals surface area contributed by atoms with Crippen LogP contribution in [0.2, 0.25) is 0 Å². The van der Waals surface area contributed by atoms with Gasteiger partial charge in [-0.05, 0) is 61.4 Å². The lowest BCUT2D eigenvalue weighted by Crippen LogP contribution is -2.52. The number of carbonyl (C=O) groups is 3. The Morgan fingerprint density at radius 1 is 1.14 bits per heavy atom. The molecule has 1 amide bonds. The van der Waals surface area contributed by atoms with Gasteiger partial charge in [0, 0.05) is 28.5 Å². The second kappa shape index (κ2) is 10.8. The van der Waals surface area contributed by atoms with Crippen LogP contribution in [0.5, 0.6) is 5.75 Å². The first-order valence-corrected chi connectivity index (χ1v) is 14.3. The van der Waals surface area contributed by atoms with E-state index in [-0.39, 0.29) is 60.6 Å². The molecule has 0 saturated carbocycles. The minimum Gasteiger partial charge on any atom is -0.508 e. The standard InChI is InChI=1S/C31H32F3N3O6/c1-5-17-19-12-16(38)7-9-22(19)35-26-20(17)14-37-24(26)13-21-18(27(37)40)8-10-25(39)30(21,6-2)43-28(41)23(11-15(3)4)36-29(42)31(32,33)34/h7,9,12-13,15,23,38H,5-6,8,10-11,14H2,1-4H3,(H,36,42)/t23?,30-/m0/s1. The zero-order valence-electron chi connectivity index (χ0n) is 24.2. The molecule has 0 bridgehead atoms. The van der Waals surface area contributed by atoms with Crippen LogP contribution in [0, 0.1) is 5.92 Å². The lowest BCUT2D eigenvalue weighted by atomic mass is 9.76. The number of nitrogens with one attached hydrogen (secondary N) is 1. The highest BCUT2D eigenvalue weighted by atomic mass is 19.4. The van der Waals surface area contributed by atoms with Crippen molar-refractivity contribution in [3.63, 3.8) is 0 Å². The molecule has 2 aromatic heterocycles. The Kier molecular flexibility index (Phi) is 7.60. The van der Waals surface area contributed by atoms with E-state index >= 15 is 0 Å². The van der Waals surface area contributed by atoms with Crippen LogP contribution in [0.1, 0.15) is 69.2 Å². The first kappa shape index (κ1) is 30.2. The van der Waals surface area contributed by atoms with Gasteiger partial charge in [0.05, 0.1) is 23.4 Å². The first-order valence-electron chi connectivity index (χ1n) is 14.3. The molecule has 0 saturated heterocycles. The molecule has 0 spiro atoms. The number of pyridine rings is 2. The number of fused-ring (bicyclic) bond motifs is 5. The molecule has 0 fully saturated rings. The van der Waals surface area contributed by atoms with Crippen molar-refractivity contribution in [1.29, 1.82) is 0 Å². The molecule has 3 heterocycles. The van der Waals surface area contributed by atoms with Crippen LogP contribution in [0.4, 0.5) is 13.2 Å². The summed E-state index contributed by atoms with van der Waals surface area (Å²) in [5, 5.41) is 12.6. The summed E-state index contributed by atoms with van der Waals surface area (Å²) in [4.78, 5) is 57.4. The van der Waals surface area contributed by atoms with Crippen LogP contribution in [0.25, 0.3) is 22.3 Å². The van der Waals surface area contributed by atoms with Gasteiger partial charge in [0.2, 0.25) is 0 Å². The van der Waals surface area contributed by atoms with Crippen LogP contribution in [-0.2, 0) is 44.1 Å². The number of aryl methyl sites for hydroxylation is 1. The summed E-state index contributed by atoms with van der Waals surface area (Å²) in [6, 6.07) is 4.78. The molecule has 2 N–H and O–H groups in total. The number of ether oxygens (including phenoxy) is 1. The first-order chi connectivity index (χ1) is 20.2. The molecule has 1 aliphatic heterocycles. The van der Waals surface area contributed by atoms with Crippen molar-refractivity contribution in [3.05, 3.63) is 56.9 Å². The van der Waals surface area contributed by atoms with Crippen molar-refractivity contribution >= 4 is 28.6 Å². The second-order valence-electron chi connectivity index (χ2n) is 11.5. The van der Waals surface area contributed by atoms with Gasteiger partial charge in [0.15, 0.2) is 11.4 Å². The van der Waals surface area contributed by atoms with Gasteiger partial charge in [0.1, 0.15) is 11.8 Å². The number of alkyl halides is 3. The lowest BCUT2D eigenvalue weighted by molar-refractivity contribution is -0.180. The van der Waals surface area contributed by atoms with E-state index in [1.807, 2.05) is 6.92 Å². The molecule has 2 atom stereocenters. The average molecular weight is 600 g/mol. The highest BCUT2D eigenvalue weighted by Gasteiger charge is 2.50. The van der Waals surface area contributed by atoms with Crippen molar-refractivity contribution in [2.24, 2.45) is 5.92 Å². The number of rotatable bonds is 7. The number of hydrogen-bond acceptors (Lipinski definition) is 7. The van der Waals surface area contributed by atoms with E-state index in [0.29, 0.717) is 23.3 Å². The maximum Gasteiger partial charge on any atom is 0.471 e. The monoisotopic (exact) mass is 599 g/mol. The Morgan fingerprint density at radius 2 is 1.86 bits per heavy atom. The minimum absolute atomic E-state index is 0.0768. The quantitative estimate of drug-likeness (QED) is 0.301. The van der Waals surface area contributed by atoms with Gasteiger partial charge >= 0.3 is 18.1 Å². The molecular formula is C31H32F3N3O6. The summed E-state index contributed by atoms with van der Waals surface area (Å²) in [5.41, 5.74) is 1.44. The van der Waals surface area contributed by atoms with E-state index in [0.717, 1.165) is 16.5 Å². The van der Waals surface area contributed by atoms with E-state index in [9.17, 15) is 37.5 Å². The topological polar surface area (TPSA) is 128 Å². The minimum atomic E-state index is -5.22. The Balaban J connectivity index is 1.64. The second-order valence-corrected chi connectivity index (χ2v) is 11.5. The Bertz CT molecular complexity index is 1730. The normalized spacial score (nSPS) is 18.3. The number of phenolic OH excluding ortho intramolecular Hbond substituents is 1. The van der Waals surface area contributed by atoms with Crippen molar-refractivity contribution in [1.82, 2.24) is 14.9 Å². The number of amides is 1. The van der Waals surface area contributed by atoms with Crippen molar-refractivity contribution in [2.45, 2.75) is 84.2 Å². The van der Waals surface area contributed by atoms with E-state index in [1.165, 1.54) is 6.07 Å². The summed E-state index contributed by atoms with van der Waals surface area (Å²) >= 11 is 0. The number of phenols is 1. The van der Waals surface area contributed by atoms with Crippen LogP contribution in [0.15, 0.2) is 29.1 Å². The Morgan fingerprint density at radius 3 is 2.49 bits per heavy atom. The molecular weight excluding hydrogens is 567 g/mol. The number of benzene rings is 1. The number of aromatic hydroxyl groups is 1. The summed E-state index contributed by atoms with van der Waals surface area (Å²) in [6.45, 7) is 7.12. The molecule has 1 aromatic carbocycles. The van der Waals surface area contributed by atoms with Crippen molar-refractivity contribution in [3.8, 4) is 17.1 Å². The number of carbonyl (C=O) groups excluding carboxylic acids is 3. The number of nitrogens with zero attached hydrogens (tertiary/aromatic N) is 2. The number of esters is 1. The number of halogens is 3. The number of Topliss-reactive ketones (excluding diaryl/α,β-unsaturated/α-hetero) is 1.